The molecular formula is C16H25NO. The van der Waals surface area contributed by atoms with E-state index in [1.165, 1.54) is 5.56 Å². The second-order valence-electron chi connectivity index (χ2n) is 6.12. The lowest BCUT2D eigenvalue weighted by Crippen LogP contribution is -2.40. The van der Waals surface area contributed by atoms with E-state index in [-0.39, 0.29) is 11.1 Å². The van der Waals surface area contributed by atoms with Gasteiger partial charge >= 0.3 is 0 Å². The molecule has 1 aromatic rings. The minimum atomic E-state index is -0.258. The zero-order valence-electron chi connectivity index (χ0n) is 11.8. The summed E-state index contributed by atoms with van der Waals surface area (Å²) in [5.74, 6) is 0. The molecule has 18 heavy (non-hydrogen) atoms. The molecule has 2 N–H and O–H groups in total. The van der Waals surface area contributed by atoms with Gasteiger partial charge in [0.25, 0.3) is 0 Å². The second kappa shape index (κ2) is 5.02. The summed E-state index contributed by atoms with van der Waals surface area (Å²) in [5.41, 5.74) is 7.60. The molecule has 0 amide bonds. The van der Waals surface area contributed by atoms with Gasteiger partial charge in [-0.3, -0.25) is 0 Å². The Morgan fingerprint density at radius 1 is 1.33 bits per heavy atom. The second-order valence-corrected chi connectivity index (χ2v) is 6.12. The van der Waals surface area contributed by atoms with Crippen molar-refractivity contribution in [2.24, 2.45) is 5.73 Å². The Hall–Kier alpha value is -0.860. The fourth-order valence-electron chi connectivity index (χ4n) is 2.86. The molecule has 2 nitrogen and oxygen atoms in total. The van der Waals surface area contributed by atoms with Crippen molar-refractivity contribution >= 4 is 0 Å². The van der Waals surface area contributed by atoms with Crippen molar-refractivity contribution in [2.45, 2.75) is 63.7 Å². The Bertz CT molecular complexity index is 387. The Morgan fingerprint density at radius 3 is 2.50 bits per heavy atom. The van der Waals surface area contributed by atoms with Crippen LogP contribution in [0.25, 0.3) is 0 Å². The maximum Gasteiger partial charge on any atom is 0.0631 e. The molecular weight excluding hydrogens is 222 g/mol. The van der Waals surface area contributed by atoms with Crippen LogP contribution in [0.3, 0.4) is 0 Å². The molecule has 1 saturated heterocycles. The van der Waals surface area contributed by atoms with Gasteiger partial charge in [-0.1, -0.05) is 37.3 Å². The van der Waals surface area contributed by atoms with Gasteiger partial charge in [0, 0.05) is 5.54 Å². The van der Waals surface area contributed by atoms with Crippen molar-refractivity contribution in [3.05, 3.63) is 35.9 Å². The smallest absolute Gasteiger partial charge is 0.0631 e. The number of ether oxygens (including phenoxy) is 1. The van der Waals surface area contributed by atoms with Crippen LogP contribution in [-0.4, -0.2) is 11.7 Å². The molecule has 2 unspecified atom stereocenters. The molecule has 1 aliphatic heterocycles. The summed E-state index contributed by atoms with van der Waals surface area (Å²) < 4.78 is 6.09. The highest BCUT2D eigenvalue weighted by Crippen LogP contribution is 2.36. The first-order valence-corrected chi connectivity index (χ1v) is 6.97. The number of benzene rings is 1. The van der Waals surface area contributed by atoms with Crippen LogP contribution in [0.4, 0.5) is 0 Å². The largest absolute Gasteiger partial charge is 0.372 e. The predicted octanol–water partition coefficient (Wildman–Crippen LogP) is 3.60. The minimum absolute atomic E-state index is 0.0238. The molecule has 0 aromatic heterocycles. The first kappa shape index (κ1) is 13.6. The van der Waals surface area contributed by atoms with Crippen LogP contribution in [0.1, 0.15) is 52.0 Å². The summed E-state index contributed by atoms with van der Waals surface area (Å²) in [7, 11) is 0. The van der Waals surface area contributed by atoms with Crippen molar-refractivity contribution in [3.63, 3.8) is 0 Å². The molecule has 1 aromatic carbocycles. The quantitative estimate of drug-likeness (QED) is 0.882. The summed E-state index contributed by atoms with van der Waals surface area (Å²) in [4.78, 5) is 0. The Balaban J connectivity index is 2.10. The Morgan fingerprint density at radius 2 is 2.00 bits per heavy atom. The normalized spacial score (nSPS) is 25.9. The van der Waals surface area contributed by atoms with E-state index < -0.39 is 0 Å². The van der Waals surface area contributed by atoms with E-state index in [0.29, 0.717) is 6.10 Å². The van der Waals surface area contributed by atoms with Crippen LogP contribution < -0.4 is 5.73 Å². The Kier molecular flexibility index (Phi) is 3.79. The van der Waals surface area contributed by atoms with Crippen molar-refractivity contribution in [2.75, 3.05) is 0 Å². The highest BCUT2D eigenvalue weighted by molar-refractivity contribution is 5.24. The van der Waals surface area contributed by atoms with E-state index in [0.717, 1.165) is 25.7 Å². The van der Waals surface area contributed by atoms with Crippen LogP contribution in [0.5, 0.6) is 0 Å². The minimum Gasteiger partial charge on any atom is -0.372 e. The molecule has 0 saturated carbocycles. The molecule has 0 spiro atoms. The van der Waals surface area contributed by atoms with Crippen molar-refractivity contribution < 1.29 is 4.74 Å². The maximum absolute atomic E-state index is 6.61. The maximum atomic E-state index is 6.61. The van der Waals surface area contributed by atoms with Crippen LogP contribution in [0, 0.1) is 0 Å². The summed E-state index contributed by atoms with van der Waals surface area (Å²) in [6.07, 6.45) is 4.41. The van der Waals surface area contributed by atoms with E-state index in [1.807, 2.05) is 6.07 Å². The average Bonchev–Trinajstić information content (AvgIpc) is 2.69. The van der Waals surface area contributed by atoms with Gasteiger partial charge in [-0.15, -0.1) is 0 Å². The van der Waals surface area contributed by atoms with Gasteiger partial charge in [0.05, 0.1) is 11.7 Å². The lowest BCUT2D eigenvalue weighted by Gasteiger charge is -2.32. The van der Waals surface area contributed by atoms with E-state index >= 15 is 0 Å². The van der Waals surface area contributed by atoms with Gasteiger partial charge in [0.1, 0.15) is 0 Å². The topological polar surface area (TPSA) is 35.2 Å². The molecule has 1 aliphatic rings. The molecule has 0 bridgehead atoms. The SMILES string of the molecule is CCC(N)(CC1CCC(C)(C)O1)c1ccccc1. The number of nitrogens with two attached hydrogens (primary N) is 1. The lowest BCUT2D eigenvalue weighted by atomic mass is 9.82. The van der Waals surface area contributed by atoms with Crippen LogP contribution in [0.15, 0.2) is 30.3 Å². The standard InChI is InChI=1S/C16H25NO/c1-4-16(17,13-8-6-5-7-9-13)12-14-10-11-15(2,3)18-14/h5-9,14H,4,10-12,17H2,1-3H3. The fourth-order valence-corrected chi connectivity index (χ4v) is 2.86. The van der Waals surface area contributed by atoms with E-state index in [4.69, 9.17) is 10.5 Å². The van der Waals surface area contributed by atoms with Crippen LogP contribution >= 0.6 is 0 Å². The van der Waals surface area contributed by atoms with E-state index in [1.54, 1.807) is 0 Å². The molecule has 2 atom stereocenters. The number of rotatable bonds is 4. The number of hydrogen-bond acceptors (Lipinski definition) is 2. The summed E-state index contributed by atoms with van der Waals surface area (Å²) in [5, 5.41) is 0. The predicted molar refractivity (Wildman–Crippen MR) is 75.4 cm³/mol. The van der Waals surface area contributed by atoms with Gasteiger partial charge in [-0.25, -0.2) is 0 Å². The van der Waals surface area contributed by atoms with Gasteiger partial charge in [-0.05, 0) is 45.1 Å². The molecule has 2 heteroatoms. The molecule has 0 aliphatic carbocycles. The third kappa shape index (κ3) is 2.93. The van der Waals surface area contributed by atoms with Crippen molar-refractivity contribution in [3.8, 4) is 0 Å². The average molecular weight is 247 g/mol. The van der Waals surface area contributed by atoms with E-state index in [2.05, 4.69) is 45.0 Å². The zero-order chi connectivity index (χ0) is 13.2. The first-order valence-electron chi connectivity index (χ1n) is 6.97. The summed E-state index contributed by atoms with van der Waals surface area (Å²) in [6.45, 7) is 6.49. The number of hydrogen-bond donors (Lipinski definition) is 1. The summed E-state index contributed by atoms with van der Waals surface area (Å²) >= 11 is 0. The monoisotopic (exact) mass is 247 g/mol. The van der Waals surface area contributed by atoms with Crippen molar-refractivity contribution in [1.29, 1.82) is 0 Å². The fraction of sp³-hybridized carbons (Fsp3) is 0.625. The van der Waals surface area contributed by atoms with Crippen LogP contribution in [0.2, 0.25) is 0 Å². The lowest BCUT2D eigenvalue weighted by molar-refractivity contribution is -0.0276. The first-order chi connectivity index (χ1) is 8.45. The Labute approximate surface area is 111 Å². The van der Waals surface area contributed by atoms with Gasteiger partial charge < -0.3 is 10.5 Å². The molecule has 100 valence electrons. The van der Waals surface area contributed by atoms with Gasteiger partial charge in [-0.2, -0.15) is 0 Å². The molecule has 2 rings (SSSR count). The zero-order valence-corrected chi connectivity index (χ0v) is 11.8. The highest BCUT2D eigenvalue weighted by Gasteiger charge is 2.37. The highest BCUT2D eigenvalue weighted by atomic mass is 16.5. The van der Waals surface area contributed by atoms with Crippen LogP contribution in [-0.2, 0) is 10.3 Å². The van der Waals surface area contributed by atoms with Gasteiger partial charge in [0.15, 0.2) is 0 Å². The molecule has 1 heterocycles. The van der Waals surface area contributed by atoms with Gasteiger partial charge in [0.2, 0.25) is 0 Å². The third-order valence-corrected chi connectivity index (χ3v) is 4.13. The molecule has 1 fully saturated rings. The summed E-state index contributed by atoms with van der Waals surface area (Å²) in [6, 6.07) is 10.4. The molecule has 0 radical (unpaired) electrons. The van der Waals surface area contributed by atoms with Crippen molar-refractivity contribution in [1.82, 2.24) is 0 Å². The third-order valence-electron chi connectivity index (χ3n) is 4.13. The van der Waals surface area contributed by atoms with E-state index in [9.17, 15) is 0 Å².